The molecule has 1 aliphatic heterocycles. The lowest BCUT2D eigenvalue weighted by Gasteiger charge is -2.23. The molecule has 1 heterocycles. The van der Waals surface area contributed by atoms with Crippen molar-refractivity contribution in [2.24, 2.45) is 5.84 Å². The van der Waals surface area contributed by atoms with Gasteiger partial charge in [-0.2, -0.15) is 0 Å². The molecule has 18 heavy (non-hydrogen) atoms. The quantitative estimate of drug-likeness (QED) is 0.497. The zero-order chi connectivity index (χ0) is 13.1. The minimum atomic E-state index is -1.51. The average Bonchev–Trinajstić information content (AvgIpc) is 2.41. The maximum absolute atomic E-state index is 13.7. The number of rotatable bonds is 3. The third kappa shape index (κ3) is 2.34. The number of hydrogen-bond donors (Lipinski definition) is 2. The Labute approximate surface area is 102 Å². The predicted molar refractivity (Wildman–Crippen MR) is 59.6 cm³/mol. The molecule has 1 aromatic rings. The highest BCUT2D eigenvalue weighted by atomic mass is 19.2. The van der Waals surface area contributed by atoms with Crippen molar-refractivity contribution < 1.29 is 17.9 Å². The standard InChI is InChI=1S/C12H13F3N2O/c13-8-5-4-7(10(14)11(8)15)12(17-16)9-3-1-2-6-18-9/h3-5,12,17H,1-2,6,16H2. The molecular formula is C12H13F3N2O. The number of ether oxygens (including phenoxy) is 1. The summed E-state index contributed by atoms with van der Waals surface area (Å²) in [4.78, 5) is 0. The van der Waals surface area contributed by atoms with E-state index < -0.39 is 23.5 Å². The van der Waals surface area contributed by atoms with Gasteiger partial charge in [0.1, 0.15) is 11.8 Å². The lowest BCUT2D eigenvalue weighted by Crippen LogP contribution is -2.32. The van der Waals surface area contributed by atoms with Crippen molar-refractivity contribution in [2.45, 2.75) is 18.9 Å². The van der Waals surface area contributed by atoms with Crippen LogP contribution in [0.25, 0.3) is 0 Å². The van der Waals surface area contributed by atoms with Crippen molar-refractivity contribution in [3.8, 4) is 0 Å². The van der Waals surface area contributed by atoms with Gasteiger partial charge in [0.25, 0.3) is 0 Å². The van der Waals surface area contributed by atoms with E-state index in [-0.39, 0.29) is 5.56 Å². The number of nitrogens with one attached hydrogen (secondary N) is 1. The third-order valence-corrected chi connectivity index (χ3v) is 2.79. The van der Waals surface area contributed by atoms with Gasteiger partial charge in [-0.3, -0.25) is 5.84 Å². The summed E-state index contributed by atoms with van der Waals surface area (Å²) in [5.41, 5.74) is 2.27. The van der Waals surface area contributed by atoms with Crippen LogP contribution in [0.2, 0.25) is 0 Å². The molecule has 0 bridgehead atoms. The van der Waals surface area contributed by atoms with E-state index in [1.807, 2.05) is 0 Å². The highest BCUT2D eigenvalue weighted by molar-refractivity contribution is 5.29. The molecule has 3 nitrogen and oxygen atoms in total. The van der Waals surface area contributed by atoms with Gasteiger partial charge in [-0.15, -0.1) is 0 Å². The summed E-state index contributed by atoms with van der Waals surface area (Å²) in [5.74, 6) is 1.77. The fraction of sp³-hybridized carbons (Fsp3) is 0.333. The second kappa shape index (κ2) is 5.41. The van der Waals surface area contributed by atoms with Crippen LogP contribution < -0.4 is 11.3 Å². The molecule has 0 aliphatic carbocycles. The molecule has 0 radical (unpaired) electrons. The van der Waals surface area contributed by atoms with Crippen LogP contribution in [-0.4, -0.2) is 6.61 Å². The van der Waals surface area contributed by atoms with E-state index in [2.05, 4.69) is 5.43 Å². The lowest BCUT2D eigenvalue weighted by molar-refractivity contribution is 0.166. The van der Waals surface area contributed by atoms with E-state index in [9.17, 15) is 13.2 Å². The number of benzene rings is 1. The summed E-state index contributed by atoms with van der Waals surface area (Å²) in [6.07, 6.45) is 3.40. The van der Waals surface area contributed by atoms with Crippen LogP contribution in [0.5, 0.6) is 0 Å². The first-order chi connectivity index (χ1) is 8.65. The van der Waals surface area contributed by atoms with Crippen LogP contribution in [0, 0.1) is 17.5 Å². The van der Waals surface area contributed by atoms with Crippen molar-refractivity contribution in [3.05, 3.63) is 47.0 Å². The molecule has 0 saturated heterocycles. The summed E-state index contributed by atoms with van der Waals surface area (Å²) in [5, 5.41) is 0. The fourth-order valence-corrected chi connectivity index (χ4v) is 1.87. The van der Waals surface area contributed by atoms with E-state index in [0.717, 1.165) is 25.0 Å². The normalized spacial score (nSPS) is 17.0. The van der Waals surface area contributed by atoms with Crippen LogP contribution in [0.1, 0.15) is 24.4 Å². The molecule has 1 aromatic carbocycles. The van der Waals surface area contributed by atoms with Gasteiger partial charge in [-0.25, -0.2) is 18.6 Å². The van der Waals surface area contributed by atoms with Crippen LogP contribution in [0.3, 0.4) is 0 Å². The molecule has 0 amide bonds. The molecule has 0 saturated carbocycles. The van der Waals surface area contributed by atoms with Gasteiger partial charge in [0, 0.05) is 5.56 Å². The van der Waals surface area contributed by atoms with Crippen molar-refractivity contribution in [1.29, 1.82) is 0 Å². The predicted octanol–water partition coefficient (Wildman–Crippen LogP) is 2.30. The van der Waals surface area contributed by atoms with Crippen LogP contribution >= 0.6 is 0 Å². The second-order valence-electron chi connectivity index (χ2n) is 3.96. The van der Waals surface area contributed by atoms with Gasteiger partial charge in [0.05, 0.1) is 6.61 Å². The highest BCUT2D eigenvalue weighted by Gasteiger charge is 2.24. The Kier molecular flexibility index (Phi) is 3.88. The monoisotopic (exact) mass is 258 g/mol. The van der Waals surface area contributed by atoms with Crippen molar-refractivity contribution in [2.75, 3.05) is 6.61 Å². The Morgan fingerprint density at radius 2 is 2.00 bits per heavy atom. The fourth-order valence-electron chi connectivity index (χ4n) is 1.87. The molecular weight excluding hydrogens is 245 g/mol. The Balaban J connectivity index is 2.39. The topological polar surface area (TPSA) is 47.3 Å². The Morgan fingerprint density at radius 3 is 2.61 bits per heavy atom. The minimum absolute atomic E-state index is 0.0791. The number of halogens is 3. The second-order valence-corrected chi connectivity index (χ2v) is 3.96. The zero-order valence-electron chi connectivity index (χ0n) is 9.55. The van der Waals surface area contributed by atoms with Gasteiger partial charge in [0.2, 0.25) is 0 Å². The summed E-state index contributed by atoms with van der Waals surface area (Å²) in [7, 11) is 0. The largest absolute Gasteiger partial charge is 0.496 e. The van der Waals surface area contributed by atoms with Gasteiger partial charge in [-0.1, -0.05) is 6.07 Å². The zero-order valence-corrected chi connectivity index (χ0v) is 9.55. The van der Waals surface area contributed by atoms with Crippen molar-refractivity contribution in [3.63, 3.8) is 0 Å². The van der Waals surface area contributed by atoms with Crippen LogP contribution in [0.4, 0.5) is 13.2 Å². The van der Waals surface area contributed by atoms with E-state index in [0.29, 0.717) is 12.4 Å². The molecule has 2 rings (SSSR count). The maximum Gasteiger partial charge on any atom is 0.194 e. The maximum atomic E-state index is 13.7. The number of hydrogen-bond acceptors (Lipinski definition) is 3. The molecule has 0 fully saturated rings. The summed E-state index contributed by atoms with van der Waals surface area (Å²) < 4.78 is 45.0. The lowest BCUT2D eigenvalue weighted by atomic mass is 10.0. The Bertz CT molecular complexity index is 477. The SMILES string of the molecule is NNC(C1=CCCCO1)c1ccc(F)c(F)c1F. The molecule has 1 unspecified atom stereocenters. The van der Waals surface area contributed by atoms with Gasteiger partial charge >= 0.3 is 0 Å². The van der Waals surface area contributed by atoms with E-state index in [4.69, 9.17) is 10.6 Å². The number of hydrazine groups is 1. The number of allylic oxidation sites excluding steroid dienone is 1. The average molecular weight is 258 g/mol. The van der Waals surface area contributed by atoms with Crippen LogP contribution in [-0.2, 0) is 4.74 Å². The highest BCUT2D eigenvalue weighted by Crippen LogP contribution is 2.28. The molecule has 6 heteroatoms. The molecule has 98 valence electrons. The first kappa shape index (κ1) is 12.9. The minimum Gasteiger partial charge on any atom is -0.496 e. The van der Waals surface area contributed by atoms with Gasteiger partial charge < -0.3 is 4.74 Å². The van der Waals surface area contributed by atoms with Gasteiger partial charge in [-0.05, 0) is 25.0 Å². The van der Waals surface area contributed by atoms with E-state index >= 15 is 0 Å². The van der Waals surface area contributed by atoms with Crippen molar-refractivity contribution >= 4 is 0 Å². The smallest absolute Gasteiger partial charge is 0.194 e. The Hall–Kier alpha value is -1.53. The Morgan fingerprint density at radius 1 is 1.22 bits per heavy atom. The third-order valence-electron chi connectivity index (χ3n) is 2.79. The summed E-state index contributed by atoms with van der Waals surface area (Å²) in [6.45, 7) is 0.495. The van der Waals surface area contributed by atoms with Crippen LogP contribution in [0.15, 0.2) is 24.0 Å². The molecule has 1 atom stereocenters. The molecule has 0 spiro atoms. The summed E-state index contributed by atoms with van der Waals surface area (Å²) in [6, 6.07) is 1.19. The van der Waals surface area contributed by atoms with Crippen molar-refractivity contribution in [1.82, 2.24) is 5.43 Å². The molecule has 0 aromatic heterocycles. The molecule has 3 N–H and O–H groups in total. The first-order valence-electron chi connectivity index (χ1n) is 5.57. The summed E-state index contributed by atoms with van der Waals surface area (Å²) >= 11 is 0. The first-order valence-corrected chi connectivity index (χ1v) is 5.57. The van der Waals surface area contributed by atoms with Gasteiger partial charge in [0.15, 0.2) is 17.5 Å². The van der Waals surface area contributed by atoms with E-state index in [1.54, 1.807) is 6.08 Å². The van der Waals surface area contributed by atoms with E-state index in [1.165, 1.54) is 0 Å². The number of nitrogens with two attached hydrogens (primary N) is 1. The molecule has 1 aliphatic rings.